The number of nitrogens with zero attached hydrogens (tertiary/aromatic N) is 2. The molecule has 0 aromatic carbocycles. The molecule has 1 aliphatic heterocycles. The van der Waals surface area contributed by atoms with Crippen molar-refractivity contribution in [3.63, 3.8) is 0 Å². The van der Waals surface area contributed by atoms with E-state index in [4.69, 9.17) is 0 Å². The van der Waals surface area contributed by atoms with Gasteiger partial charge in [-0.15, -0.1) is 11.3 Å². The molecule has 0 aliphatic carbocycles. The van der Waals surface area contributed by atoms with Crippen LogP contribution in [0, 0.1) is 6.92 Å². The van der Waals surface area contributed by atoms with Crippen molar-refractivity contribution in [2.45, 2.75) is 38.8 Å². The van der Waals surface area contributed by atoms with Crippen LogP contribution < -0.4 is 5.32 Å². The van der Waals surface area contributed by atoms with Gasteiger partial charge in [-0.3, -0.25) is 0 Å². The molecule has 2 rings (SSSR count). The molecule has 2 heterocycles. The molecule has 1 N–H and O–H groups in total. The second-order valence-corrected chi connectivity index (χ2v) is 8.10. The Morgan fingerprint density at radius 2 is 2.32 bits per heavy atom. The summed E-state index contributed by atoms with van der Waals surface area (Å²) in [5.74, 6) is 0.196. The SMILES string of the molecule is Cc1ncsc1CN(C)S(=O)(=O)CC1CCCCN1. The summed E-state index contributed by atoms with van der Waals surface area (Å²) in [5, 5.41) is 3.28. The highest BCUT2D eigenvalue weighted by molar-refractivity contribution is 7.89. The predicted molar refractivity (Wildman–Crippen MR) is 77.7 cm³/mol. The van der Waals surface area contributed by atoms with Gasteiger partial charge >= 0.3 is 0 Å². The van der Waals surface area contributed by atoms with Crippen molar-refractivity contribution in [3.8, 4) is 0 Å². The predicted octanol–water partition coefficient (Wildman–Crippen LogP) is 1.36. The molecule has 0 amide bonds. The van der Waals surface area contributed by atoms with Gasteiger partial charge in [-0.1, -0.05) is 6.42 Å². The average molecular weight is 303 g/mol. The summed E-state index contributed by atoms with van der Waals surface area (Å²) in [7, 11) is -1.55. The molecule has 1 unspecified atom stereocenters. The Kier molecular flexibility index (Phi) is 4.94. The number of thiazole rings is 1. The van der Waals surface area contributed by atoms with Crippen LogP contribution in [0.25, 0.3) is 0 Å². The summed E-state index contributed by atoms with van der Waals surface area (Å²) in [5.41, 5.74) is 2.68. The van der Waals surface area contributed by atoms with Crippen LogP contribution in [0.15, 0.2) is 5.51 Å². The van der Waals surface area contributed by atoms with E-state index < -0.39 is 10.0 Å². The van der Waals surface area contributed by atoms with Crippen molar-refractivity contribution in [3.05, 3.63) is 16.1 Å². The Labute approximate surface area is 119 Å². The Balaban J connectivity index is 1.96. The number of hydrogen-bond donors (Lipinski definition) is 1. The van der Waals surface area contributed by atoms with Crippen LogP contribution in [-0.2, 0) is 16.6 Å². The van der Waals surface area contributed by atoms with E-state index in [9.17, 15) is 8.42 Å². The first kappa shape index (κ1) is 14.9. The van der Waals surface area contributed by atoms with E-state index in [2.05, 4.69) is 10.3 Å². The molecule has 7 heteroatoms. The Morgan fingerprint density at radius 1 is 1.53 bits per heavy atom. The van der Waals surface area contributed by atoms with Crippen molar-refractivity contribution in [2.24, 2.45) is 0 Å². The van der Waals surface area contributed by atoms with E-state index in [1.54, 1.807) is 12.6 Å². The lowest BCUT2D eigenvalue weighted by Crippen LogP contribution is -2.43. The maximum absolute atomic E-state index is 12.3. The second-order valence-electron chi connectivity index (χ2n) is 5.04. The standard InChI is InChI=1S/C12H21N3O2S2/c1-10-12(18-9-14-10)7-15(2)19(16,17)8-11-5-3-4-6-13-11/h9,11,13H,3-8H2,1-2H3. The summed E-state index contributed by atoms with van der Waals surface area (Å²) in [6, 6.07) is 0.101. The lowest BCUT2D eigenvalue weighted by molar-refractivity contribution is 0.408. The molecule has 0 radical (unpaired) electrons. The van der Waals surface area contributed by atoms with Gasteiger partial charge in [0.2, 0.25) is 10.0 Å². The summed E-state index contributed by atoms with van der Waals surface area (Å²) in [6.07, 6.45) is 3.21. The number of nitrogens with one attached hydrogen (secondary N) is 1. The van der Waals surface area contributed by atoms with Crippen LogP contribution in [0.3, 0.4) is 0 Å². The quantitative estimate of drug-likeness (QED) is 0.892. The molecule has 1 saturated heterocycles. The smallest absolute Gasteiger partial charge is 0.215 e. The van der Waals surface area contributed by atoms with Crippen LogP contribution in [0.5, 0.6) is 0 Å². The van der Waals surface area contributed by atoms with Gasteiger partial charge in [-0.25, -0.2) is 13.4 Å². The molecular weight excluding hydrogens is 282 g/mol. The number of hydrogen-bond acceptors (Lipinski definition) is 5. The minimum atomic E-state index is -3.20. The van der Waals surface area contributed by atoms with Crippen LogP contribution >= 0.6 is 11.3 Å². The highest BCUT2D eigenvalue weighted by Gasteiger charge is 2.25. The summed E-state index contributed by atoms with van der Waals surface area (Å²) in [6.45, 7) is 3.26. The monoisotopic (exact) mass is 303 g/mol. The van der Waals surface area contributed by atoms with Crippen molar-refractivity contribution in [1.29, 1.82) is 0 Å². The fourth-order valence-electron chi connectivity index (χ4n) is 2.23. The molecule has 1 aliphatic rings. The van der Waals surface area contributed by atoms with E-state index in [1.807, 2.05) is 6.92 Å². The minimum absolute atomic E-state index is 0.101. The molecular formula is C12H21N3O2S2. The number of piperidine rings is 1. The zero-order chi connectivity index (χ0) is 13.9. The average Bonchev–Trinajstić information content (AvgIpc) is 2.76. The van der Waals surface area contributed by atoms with Gasteiger partial charge in [0.1, 0.15) is 0 Å². The van der Waals surface area contributed by atoms with Gasteiger partial charge in [0.05, 0.1) is 17.0 Å². The molecule has 0 saturated carbocycles. The third-order valence-corrected chi connectivity index (χ3v) is 6.33. The largest absolute Gasteiger partial charge is 0.313 e. The first-order valence-electron chi connectivity index (χ1n) is 6.55. The Bertz CT molecular complexity index is 507. The second kappa shape index (κ2) is 6.30. The molecule has 1 aromatic rings. The lowest BCUT2D eigenvalue weighted by Gasteiger charge is -2.25. The molecule has 5 nitrogen and oxygen atoms in total. The molecule has 19 heavy (non-hydrogen) atoms. The zero-order valence-electron chi connectivity index (χ0n) is 11.4. The molecule has 1 aromatic heterocycles. The molecule has 1 fully saturated rings. The fraction of sp³-hybridized carbons (Fsp3) is 0.750. The molecule has 0 spiro atoms. The lowest BCUT2D eigenvalue weighted by atomic mass is 10.1. The van der Waals surface area contributed by atoms with E-state index in [0.29, 0.717) is 6.54 Å². The fourth-order valence-corrected chi connectivity index (χ4v) is 4.51. The van der Waals surface area contributed by atoms with Gasteiger partial charge in [-0.05, 0) is 26.3 Å². The number of rotatable bonds is 5. The van der Waals surface area contributed by atoms with Crippen LogP contribution in [0.1, 0.15) is 29.8 Å². The molecule has 108 valence electrons. The van der Waals surface area contributed by atoms with Gasteiger partial charge in [0.15, 0.2) is 0 Å². The normalized spacial score (nSPS) is 20.9. The zero-order valence-corrected chi connectivity index (χ0v) is 13.1. The van der Waals surface area contributed by atoms with E-state index in [1.165, 1.54) is 15.6 Å². The summed E-state index contributed by atoms with van der Waals surface area (Å²) < 4.78 is 26.1. The van der Waals surface area contributed by atoms with Gasteiger partial charge in [-0.2, -0.15) is 4.31 Å². The van der Waals surface area contributed by atoms with Gasteiger partial charge < -0.3 is 5.32 Å². The van der Waals surface area contributed by atoms with Crippen molar-refractivity contribution >= 4 is 21.4 Å². The van der Waals surface area contributed by atoms with E-state index in [-0.39, 0.29) is 11.8 Å². The Hall–Kier alpha value is -0.500. The maximum atomic E-state index is 12.3. The maximum Gasteiger partial charge on any atom is 0.215 e. The van der Waals surface area contributed by atoms with Crippen molar-refractivity contribution in [2.75, 3.05) is 19.3 Å². The van der Waals surface area contributed by atoms with Crippen LogP contribution in [-0.4, -0.2) is 43.1 Å². The van der Waals surface area contributed by atoms with Crippen LogP contribution in [0.4, 0.5) is 0 Å². The highest BCUT2D eigenvalue weighted by atomic mass is 32.2. The van der Waals surface area contributed by atoms with Gasteiger partial charge in [0.25, 0.3) is 0 Å². The number of sulfonamides is 1. The van der Waals surface area contributed by atoms with Crippen LogP contribution in [0.2, 0.25) is 0 Å². The number of aryl methyl sites for hydroxylation is 1. The summed E-state index contributed by atoms with van der Waals surface area (Å²) >= 11 is 1.51. The molecule has 0 bridgehead atoms. The minimum Gasteiger partial charge on any atom is -0.313 e. The summed E-state index contributed by atoms with van der Waals surface area (Å²) in [4.78, 5) is 5.17. The van der Waals surface area contributed by atoms with Crippen molar-refractivity contribution in [1.82, 2.24) is 14.6 Å². The third kappa shape index (κ3) is 3.98. The molecule has 1 atom stereocenters. The van der Waals surface area contributed by atoms with Crippen molar-refractivity contribution < 1.29 is 8.42 Å². The first-order chi connectivity index (χ1) is 8.99. The van der Waals surface area contributed by atoms with Gasteiger partial charge in [0, 0.05) is 24.5 Å². The first-order valence-corrected chi connectivity index (χ1v) is 9.04. The third-order valence-electron chi connectivity index (χ3n) is 3.51. The van der Waals surface area contributed by atoms with E-state index >= 15 is 0 Å². The highest BCUT2D eigenvalue weighted by Crippen LogP contribution is 2.17. The van der Waals surface area contributed by atoms with E-state index in [0.717, 1.165) is 36.4 Å². The number of aromatic nitrogens is 1. The topological polar surface area (TPSA) is 62.3 Å². The Morgan fingerprint density at radius 3 is 2.89 bits per heavy atom.